The second-order valence-electron chi connectivity index (χ2n) is 10.8. The molecule has 1 aliphatic heterocycles. The lowest BCUT2D eigenvalue weighted by Gasteiger charge is -2.61. The van der Waals surface area contributed by atoms with Crippen LogP contribution in [0.3, 0.4) is 0 Å². The number of ether oxygens (including phenoxy) is 1. The van der Waals surface area contributed by atoms with E-state index in [-0.39, 0.29) is 42.1 Å². The van der Waals surface area contributed by atoms with E-state index in [4.69, 9.17) is 10.5 Å². The van der Waals surface area contributed by atoms with Crippen molar-refractivity contribution >= 4 is 17.8 Å². The van der Waals surface area contributed by atoms with Gasteiger partial charge in [-0.25, -0.2) is 8.78 Å². The Hall–Kier alpha value is -2.55. The molecule has 0 radical (unpaired) electrons. The molecule has 5 aliphatic rings. The van der Waals surface area contributed by atoms with Crippen molar-refractivity contribution in [1.82, 2.24) is 4.90 Å². The smallest absolute Gasteiger partial charge is 0.309 e. The molecule has 6 rings (SSSR count). The largest absolute Gasteiger partial charge is 0.461 e. The van der Waals surface area contributed by atoms with E-state index in [1.807, 2.05) is 0 Å². The van der Waals surface area contributed by atoms with Gasteiger partial charge in [0.15, 0.2) is 0 Å². The first kappa shape index (κ1) is 23.2. The molecular formula is C25H30F2N2O5. The van der Waals surface area contributed by atoms with Gasteiger partial charge in [0.1, 0.15) is 17.7 Å². The van der Waals surface area contributed by atoms with Crippen molar-refractivity contribution in [2.45, 2.75) is 63.1 Å². The molecule has 184 valence electrons. The van der Waals surface area contributed by atoms with Crippen LogP contribution in [-0.2, 0) is 25.5 Å². The number of halogens is 2. The number of nitrogens with zero attached hydrogens (tertiary/aromatic N) is 1. The van der Waals surface area contributed by atoms with Crippen LogP contribution in [-0.4, -0.2) is 52.6 Å². The van der Waals surface area contributed by atoms with Crippen LogP contribution >= 0.6 is 0 Å². The molecule has 5 unspecified atom stereocenters. The maximum absolute atomic E-state index is 13.9. The summed E-state index contributed by atoms with van der Waals surface area (Å²) < 4.78 is 32.9. The average molecular weight is 477 g/mol. The van der Waals surface area contributed by atoms with Gasteiger partial charge in [-0.1, -0.05) is 6.07 Å². The molecule has 0 spiro atoms. The monoisotopic (exact) mass is 476 g/mol. The van der Waals surface area contributed by atoms with Crippen LogP contribution in [0.25, 0.3) is 0 Å². The standard InChI is InChI=1S/C25H30F2N2O5/c26-18-2-1-16(19(27)9-18)8-20(30)29-5-3-15(4-6-29)22(31)34-21-17-7-14-10-24(33,12-17)13-25(21,11-14)23(28)32/h1-2,9,14-15,17,21,33H,3-8,10-13H2,(H2,28,32). The van der Waals surface area contributed by atoms with Crippen molar-refractivity contribution in [2.24, 2.45) is 28.9 Å². The van der Waals surface area contributed by atoms with Gasteiger partial charge in [0.2, 0.25) is 11.8 Å². The number of hydrogen-bond acceptors (Lipinski definition) is 5. The number of carbonyl (C=O) groups excluding carboxylic acids is 3. The minimum absolute atomic E-state index is 0.0741. The maximum atomic E-state index is 13.9. The van der Waals surface area contributed by atoms with E-state index in [0.29, 0.717) is 45.2 Å². The van der Waals surface area contributed by atoms with Gasteiger partial charge in [0.05, 0.1) is 23.4 Å². The molecule has 4 aliphatic carbocycles. The van der Waals surface area contributed by atoms with Gasteiger partial charge in [-0.3, -0.25) is 14.4 Å². The topological polar surface area (TPSA) is 110 Å². The highest BCUT2D eigenvalue weighted by Crippen LogP contribution is 2.62. The van der Waals surface area contributed by atoms with Crippen LogP contribution in [0.5, 0.6) is 0 Å². The fourth-order valence-corrected chi connectivity index (χ4v) is 7.14. The lowest BCUT2D eigenvalue weighted by Crippen LogP contribution is -2.67. The number of esters is 1. The number of hydrogen-bond donors (Lipinski definition) is 2. The van der Waals surface area contributed by atoms with Gasteiger partial charge in [0.25, 0.3) is 0 Å². The summed E-state index contributed by atoms with van der Waals surface area (Å²) in [6, 6.07) is 3.14. The third-order valence-electron chi connectivity index (χ3n) is 8.49. The molecule has 3 N–H and O–H groups in total. The summed E-state index contributed by atoms with van der Waals surface area (Å²) in [6.45, 7) is 0.663. The van der Waals surface area contributed by atoms with E-state index < -0.39 is 40.6 Å². The molecule has 0 aromatic heterocycles. The molecule has 1 heterocycles. The third-order valence-corrected chi connectivity index (χ3v) is 8.49. The molecule has 1 aromatic rings. The highest BCUT2D eigenvalue weighted by molar-refractivity contribution is 5.83. The Labute approximate surface area is 196 Å². The van der Waals surface area contributed by atoms with Gasteiger partial charge in [-0.15, -0.1) is 0 Å². The first-order valence-corrected chi connectivity index (χ1v) is 12.0. The highest BCUT2D eigenvalue weighted by atomic mass is 19.1. The summed E-state index contributed by atoms with van der Waals surface area (Å²) in [6.07, 6.45) is 2.83. The van der Waals surface area contributed by atoms with E-state index in [0.717, 1.165) is 18.6 Å². The first-order chi connectivity index (χ1) is 16.1. The Morgan fingerprint density at radius 1 is 1.15 bits per heavy atom. The van der Waals surface area contributed by atoms with Crippen molar-refractivity contribution in [3.8, 4) is 0 Å². The summed E-state index contributed by atoms with van der Waals surface area (Å²) in [5.74, 6) is -2.88. The van der Waals surface area contributed by atoms with Gasteiger partial charge >= 0.3 is 5.97 Å². The lowest BCUT2D eigenvalue weighted by molar-refractivity contribution is -0.231. The Kier molecular flexibility index (Phi) is 5.66. The second kappa shape index (κ2) is 8.29. The molecule has 9 heteroatoms. The molecule has 4 saturated carbocycles. The van der Waals surface area contributed by atoms with E-state index in [2.05, 4.69) is 0 Å². The Morgan fingerprint density at radius 2 is 1.88 bits per heavy atom. The SMILES string of the molecule is NC(=O)C12CC3CC(CC(O)(C3)C1)C2OC(=O)C1CCN(C(=O)Cc2ccc(F)cc2F)CC1. The number of rotatable bonds is 5. The zero-order valence-electron chi connectivity index (χ0n) is 19.0. The summed E-state index contributed by atoms with van der Waals surface area (Å²) >= 11 is 0. The third kappa shape index (κ3) is 3.97. The molecule has 2 amide bonds. The fourth-order valence-electron chi connectivity index (χ4n) is 7.14. The Bertz CT molecular complexity index is 1030. The van der Waals surface area contributed by atoms with Gasteiger partial charge < -0.3 is 20.5 Å². The zero-order chi connectivity index (χ0) is 24.3. The number of likely N-dealkylation sites (tertiary alicyclic amines) is 1. The summed E-state index contributed by atoms with van der Waals surface area (Å²) in [5.41, 5.74) is 4.02. The minimum atomic E-state index is -1.01. The van der Waals surface area contributed by atoms with E-state index in [1.54, 1.807) is 4.90 Å². The van der Waals surface area contributed by atoms with E-state index in [1.165, 1.54) is 6.07 Å². The van der Waals surface area contributed by atoms with Crippen LogP contribution in [0, 0.1) is 34.8 Å². The highest BCUT2D eigenvalue weighted by Gasteiger charge is 2.66. The predicted octanol–water partition coefficient (Wildman–Crippen LogP) is 2.08. The molecule has 1 saturated heterocycles. The zero-order valence-corrected chi connectivity index (χ0v) is 19.0. The van der Waals surface area contributed by atoms with Crippen LogP contribution in [0.2, 0.25) is 0 Å². The summed E-state index contributed by atoms with van der Waals surface area (Å²) in [4.78, 5) is 39.7. The second-order valence-corrected chi connectivity index (χ2v) is 10.8. The summed E-state index contributed by atoms with van der Waals surface area (Å²) in [5, 5.41) is 10.9. The first-order valence-electron chi connectivity index (χ1n) is 12.0. The molecule has 5 atom stereocenters. The number of nitrogens with two attached hydrogens (primary N) is 1. The van der Waals surface area contributed by atoms with E-state index in [9.17, 15) is 28.3 Å². The molecule has 5 fully saturated rings. The number of carbonyl (C=O) groups is 3. The van der Waals surface area contributed by atoms with Gasteiger partial charge in [-0.2, -0.15) is 0 Å². The molecule has 34 heavy (non-hydrogen) atoms. The van der Waals surface area contributed by atoms with Crippen LogP contribution in [0.15, 0.2) is 18.2 Å². The average Bonchev–Trinajstić information content (AvgIpc) is 2.77. The molecule has 4 bridgehead atoms. The van der Waals surface area contributed by atoms with Crippen LogP contribution in [0.4, 0.5) is 8.78 Å². The maximum Gasteiger partial charge on any atom is 0.309 e. The van der Waals surface area contributed by atoms with Crippen molar-refractivity contribution < 1.29 is 33.0 Å². The number of piperidine rings is 1. The Balaban J connectivity index is 1.19. The van der Waals surface area contributed by atoms with Crippen molar-refractivity contribution in [1.29, 1.82) is 0 Å². The normalized spacial score (nSPS) is 34.8. The van der Waals surface area contributed by atoms with Crippen molar-refractivity contribution in [3.63, 3.8) is 0 Å². The summed E-state index contributed by atoms with van der Waals surface area (Å²) in [7, 11) is 0. The van der Waals surface area contributed by atoms with Crippen LogP contribution < -0.4 is 5.73 Å². The van der Waals surface area contributed by atoms with Gasteiger partial charge in [0, 0.05) is 25.1 Å². The molecule has 1 aromatic carbocycles. The number of aliphatic hydroxyl groups is 1. The predicted molar refractivity (Wildman–Crippen MR) is 116 cm³/mol. The lowest BCUT2D eigenvalue weighted by atomic mass is 9.46. The van der Waals surface area contributed by atoms with Crippen molar-refractivity contribution in [2.75, 3.05) is 13.1 Å². The van der Waals surface area contributed by atoms with E-state index >= 15 is 0 Å². The van der Waals surface area contributed by atoms with Crippen LogP contribution in [0.1, 0.15) is 50.5 Å². The number of amides is 2. The fraction of sp³-hybridized carbons (Fsp3) is 0.640. The molecular weight excluding hydrogens is 446 g/mol. The quantitative estimate of drug-likeness (QED) is 0.633. The number of primary amides is 1. The Morgan fingerprint density at radius 3 is 2.53 bits per heavy atom. The minimum Gasteiger partial charge on any atom is -0.461 e. The van der Waals surface area contributed by atoms with Gasteiger partial charge in [-0.05, 0) is 62.5 Å². The van der Waals surface area contributed by atoms with Crippen molar-refractivity contribution in [3.05, 3.63) is 35.4 Å². The number of benzene rings is 1. The molecule has 7 nitrogen and oxygen atoms in total.